The van der Waals surface area contributed by atoms with Gasteiger partial charge in [-0.1, -0.05) is 30.2 Å². The van der Waals surface area contributed by atoms with Crippen LogP contribution in [-0.2, 0) is 6.42 Å². The van der Waals surface area contributed by atoms with Crippen LogP contribution in [0.4, 0.5) is 0 Å². The second kappa shape index (κ2) is 4.51. The smallest absolute Gasteiger partial charge is 0.0601 e. The summed E-state index contributed by atoms with van der Waals surface area (Å²) in [4.78, 5) is 2.28. The molecule has 0 radical (unpaired) electrons. The monoisotopic (exact) mass is 199 g/mol. The van der Waals surface area contributed by atoms with Gasteiger partial charge in [0.25, 0.3) is 0 Å². The number of nitrogens with zero attached hydrogens (tertiary/aromatic N) is 1. The highest BCUT2D eigenvalue weighted by atomic mass is 15.1. The maximum absolute atomic E-state index is 5.36. The van der Waals surface area contributed by atoms with Gasteiger partial charge in [0.2, 0.25) is 0 Å². The molecular formula is C14H17N. The molecule has 1 nitrogen and oxygen atoms in total. The molecule has 0 bridgehead atoms. The minimum Gasteiger partial charge on any atom is -0.288 e. The van der Waals surface area contributed by atoms with E-state index >= 15 is 0 Å². The molecule has 1 atom stereocenters. The van der Waals surface area contributed by atoms with Gasteiger partial charge in [-0.3, -0.25) is 4.90 Å². The van der Waals surface area contributed by atoms with Crippen molar-refractivity contribution < 1.29 is 0 Å². The maximum atomic E-state index is 5.36. The molecular weight excluding hydrogens is 182 g/mol. The van der Waals surface area contributed by atoms with E-state index in [4.69, 9.17) is 6.42 Å². The molecule has 2 rings (SSSR count). The third-order valence-electron chi connectivity index (χ3n) is 3.21. The van der Waals surface area contributed by atoms with E-state index in [1.54, 1.807) is 0 Å². The summed E-state index contributed by atoms with van der Waals surface area (Å²) in [6, 6.07) is 9.26. The Morgan fingerprint density at radius 3 is 3.07 bits per heavy atom. The van der Waals surface area contributed by atoms with Crippen LogP contribution in [0.5, 0.6) is 0 Å². The molecule has 0 aliphatic heterocycles. The van der Waals surface area contributed by atoms with Gasteiger partial charge in [-0.2, -0.15) is 0 Å². The Balaban J connectivity index is 2.26. The molecule has 0 saturated carbocycles. The number of rotatable bonds is 2. The fraction of sp³-hybridized carbons (Fsp3) is 0.429. The van der Waals surface area contributed by atoms with E-state index in [0.29, 0.717) is 6.04 Å². The summed E-state index contributed by atoms with van der Waals surface area (Å²) in [5, 5.41) is 0. The zero-order valence-corrected chi connectivity index (χ0v) is 9.24. The predicted octanol–water partition coefficient (Wildman–Crippen LogP) is 2.63. The molecule has 0 amide bonds. The van der Waals surface area contributed by atoms with E-state index in [2.05, 4.69) is 42.1 Å². The van der Waals surface area contributed by atoms with Crippen molar-refractivity contribution >= 4 is 0 Å². The van der Waals surface area contributed by atoms with Crippen LogP contribution in [-0.4, -0.2) is 18.5 Å². The highest BCUT2D eigenvalue weighted by Gasteiger charge is 2.22. The minimum atomic E-state index is 0.519. The van der Waals surface area contributed by atoms with Crippen molar-refractivity contribution in [2.75, 3.05) is 13.6 Å². The van der Waals surface area contributed by atoms with Gasteiger partial charge in [0, 0.05) is 6.04 Å². The molecule has 1 aromatic rings. The number of aryl methyl sites for hydroxylation is 1. The molecule has 1 unspecified atom stereocenters. The quantitative estimate of drug-likeness (QED) is 0.662. The number of terminal acetylenes is 1. The second-order valence-electron chi connectivity index (χ2n) is 4.23. The molecule has 0 fully saturated rings. The van der Waals surface area contributed by atoms with Crippen LogP contribution in [0, 0.1) is 12.3 Å². The van der Waals surface area contributed by atoms with Gasteiger partial charge in [0.1, 0.15) is 0 Å². The summed E-state index contributed by atoms with van der Waals surface area (Å²) in [6.45, 7) is 0.735. The van der Waals surface area contributed by atoms with Crippen LogP contribution < -0.4 is 0 Å². The Labute approximate surface area is 92.1 Å². The van der Waals surface area contributed by atoms with Gasteiger partial charge in [0.15, 0.2) is 0 Å². The van der Waals surface area contributed by atoms with Crippen molar-refractivity contribution in [1.82, 2.24) is 4.90 Å². The average molecular weight is 199 g/mol. The second-order valence-corrected chi connectivity index (χ2v) is 4.23. The van der Waals surface area contributed by atoms with Crippen molar-refractivity contribution in [3.63, 3.8) is 0 Å². The highest BCUT2D eigenvalue weighted by molar-refractivity contribution is 5.32. The largest absolute Gasteiger partial charge is 0.288 e. The average Bonchev–Trinajstić information content (AvgIpc) is 2.28. The summed E-state index contributed by atoms with van der Waals surface area (Å²) in [6.07, 6.45) is 9.09. The third kappa shape index (κ3) is 2.06. The predicted molar refractivity (Wildman–Crippen MR) is 63.6 cm³/mol. The zero-order valence-electron chi connectivity index (χ0n) is 9.24. The van der Waals surface area contributed by atoms with Gasteiger partial charge in [-0.15, -0.1) is 6.42 Å². The molecule has 78 valence electrons. The van der Waals surface area contributed by atoms with Crippen LogP contribution in [0.1, 0.15) is 30.0 Å². The highest BCUT2D eigenvalue weighted by Crippen LogP contribution is 2.32. The third-order valence-corrected chi connectivity index (χ3v) is 3.21. The van der Waals surface area contributed by atoms with Crippen LogP contribution in [0.15, 0.2) is 24.3 Å². The zero-order chi connectivity index (χ0) is 10.7. The standard InChI is InChI=1S/C14H17N/c1-3-11-15(2)14-10-6-8-12-7-4-5-9-13(12)14/h1,4-5,7,9,14H,6,8,10-11H2,2H3. The lowest BCUT2D eigenvalue weighted by molar-refractivity contribution is 0.247. The summed E-state index contributed by atoms with van der Waals surface area (Å²) in [5.41, 5.74) is 2.97. The fourth-order valence-corrected chi connectivity index (χ4v) is 2.44. The van der Waals surface area contributed by atoms with Crippen molar-refractivity contribution in [2.45, 2.75) is 25.3 Å². The lowest BCUT2D eigenvalue weighted by atomic mass is 9.87. The van der Waals surface area contributed by atoms with E-state index in [-0.39, 0.29) is 0 Å². The summed E-state index contributed by atoms with van der Waals surface area (Å²) in [7, 11) is 2.12. The SMILES string of the molecule is C#CCN(C)C1CCCc2ccccc21. The summed E-state index contributed by atoms with van der Waals surface area (Å²) < 4.78 is 0. The minimum absolute atomic E-state index is 0.519. The van der Waals surface area contributed by atoms with Gasteiger partial charge < -0.3 is 0 Å². The molecule has 0 heterocycles. The van der Waals surface area contributed by atoms with Crippen molar-refractivity contribution in [3.05, 3.63) is 35.4 Å². The first-order valence-corrected chi connectivity index (χ1v) is 5.54. The topological polar surface area (TPSA) is 3.24 Å². The van der Waals surface area contributed by atoms with Crippen LogP contribution >= 0.6 is 0 Å². The van der Waals surface area contributed by atoms with Crippen molar-refractivity contribution in [2.24, 2.45) is 0 Å². The van der Waals surface area contributed by atoms with E-state index in [9.17, 15) is 0 Å². The van der Waals surface area contributed by atoms with Gasteiger partial charge in [0.05, 0.1) is 6.54 Å². The Morgan fingerprint density at radius 1 is 1.47 bits per heavy atom. The molecule has 1 aromatic carbocycles. The maximum Gasteiger partial charge on any atom is 0.0601 e. The van der Waals surface area contributed by atoms with Crippen LogP contribution in [0.25, 0.3) is 0 Å². The van der Waals surface area contributed by atoms with E-state index in [1.165, 1.54) is 30.4 Å². The van der Waals surface area contributed by atoms with Crippen molar-refractivity contribution in [1.29, 1.82) is 0 Å². The number of hydrogen-bond donors (Lipinski definition) is 0. The lowest BCUT2D eigenvalue weighted by Gasteiger charge is -2.32. The molecule has 1 heteroatoms. The molecule has 0 N–H and O–H groups in total. The van der Waals surface area contributed by atoms with E-state index in [0.717, 1.165) is 6.54 Å². The Kier molecular flexibility index (Phi) is 3.08. The molecule has 0 saturated heterocycles. The van der Waals surface area contributed by atoms with Crippen molar-refractivity contribution in [3.8, 4) is 12.3 Å². The normalized spacial score (nSPS) is 19.7. The first kappa shape index (κ1) is 10.3. The molecule has 1 aliphatic rings. The Morgan fingerprint density at radius 2 is 2.27 bits per heavy atom. The number of hydrogen-bond acceptors (Lipinski definition) is 1. The molecule has 15 heavy (non-hydrogen) atoms. The van der Waals surface area contributed by atoms with Gasteiger partial charge in [-0.25, -0.2) is 0 Å². The number of benzene rings is 1. The van der Waals surface area contributed by atoms with E-state index in [1.807, 2.05) is 0 Å². The van der Waals surface area contributed by atoms with Crippen LogP contribution in [0.2, 0.25) is 0 Å². The molecule has 0 aromatic heterocycles. The molecule has 0 spiro atoms. The summed E-state index contributed by atoms with van der Waals surface area (Å²) in [5.74, 6) is 2.72. The Bertz CT molecular complexity index is 375. The summed E-state index contributed by atoms with van der Waals surface area (Å²) >= 11 is 0. The first-order chi connectivity index (χ1) is 7.33. The van der Waals surface area contributed by atoms with Gasteiger partial charge in [-0.05, 0) is 37.4 Å². The van der Waals surface area contributed by atoms with Crippen LogP contribution in [0.3, 0.4) is 0 Å². The fourth-order valence-electron chi connectivity index (χ4n) is 2.44. The molecule has 1 aliphatic carbocycles. The lowest BCUT2D eigenvalue weighted by Crippen LogP contribution is -2.28. The van der Waals surface area contributed by atoms with E-state index < -0.39 is 0 Å². The number of fused-ring (bicyclic) bond motifs is 1. The van der Waals surface area contributed by atoms with Gasteiger partial charge >= 0.3 is 0 Å². The Hall–Kier alpha value is -1.26. The first-order valence-electron chi connectivity index (χ1n) is 5.54.